The van der Waals surface area contributed by atoms with E-state index in [4.69, 9.17) is 9.47 Å². The van der Waals surface area contributed by atoms with Crippen LogP contribution >= 0.6 is 0 Å². The van der Waals surface area contributed by atoms with Gasteiger partial charge in [-0.15, -0.1) is 0 Å². The van der Waals surface area contributed by atoms with Gasteiger partial charge in [0.1, 0.15) is 11.5 Å². The molecule has 31 heavy (non-hydrogen) atoms. The van der Waals surface area contributed by atoms with Gasteiger partial charge in [-0.2, -0.15) is 13.2 Å². The zero-order valence-electron chi connectivity index (χ0n) is 17.5. The highest BCUT2D eigenvalue weighted by atomic mass is 19.4. The molecule has 6 nitrogen and oxygen atoms in total. The van der Waals surface area contributed by atoms with Crippen molar-refractivity contribution in [3.05, 3.63) is 53.6 Å². The Morgan fingerprint density at radius 3 is 2.32 bits per heavy atom. The fourth-order valence-corrected chi connectivity index (χ4v) is 3.58. The summed E-state index contributed by atoms with van der Waals surface area (Å²) in [6.45, 7) is 3.46. The summed E-state index contributed by atoms with van der Waals surface area (Å²) in [7, 11) is 3.24. The van der Waals surface area contributed by atoms with Crippen LogP contribution in [0.5, 0.6) is 11.5 Å². The molecule has 0 bridgehead atoms. The third-order valence-electron chi connectivity index (χ3n) is 5.22. The molecule has 0 spiro atoms. The summed E-state index contributed by atoms with van der Waals surface area (Å²) < 4.78 is 50.0. The van der Waals surface area contributed by atoms with Crippen molar-refractivity contribution in [2.45, 2.75) is 12.7 Å². The Labute approximate surface area is 179 Å². The van der Waals surface area contributed by atoms with Crippen molar-refractivity contribution in [2.24, 2.45) is 0 Å². The molecule has 9 heteroatoms. The summed E-state index contributed by atoms with van der Waals surface area (Å²) in [5.41, 5.74) is -0.0547. The lowest BCUT2D eigenvalue weighted by Gasteiger charge is -2.34. The van der Waals surface area contributed by atoms with E-state index in [0.29, 0.717) is 19.6 Å². The van der Waals surface area contributed by atoms with Crippen LogP contribution in [0.2, 0.25) is 0 Å². The molecule has 1 saturated heterocycles. The second kappa shape index (κ2) is 10.0. The van der Waals surface area contributed by atoms with Gasteiger partial charge in [0.2, 0.25) is 5.91 Å². The Bertz CT molecular complexity index is 897. The first-order valence-electron chi connectivity index (χ1n) is 9.92. The van der Waals surface area contributed by atoms with Crippen LogP contribution in [0, 0.1) is 0 Å². The van der Waals surface area contributed by atoms with Crippen molar-refractivity contribution in [3.8, 4) is 11.5 Å². The number of para-hydroxylation sites is 1. The van der Waals surface area contributed by atoms with Crippen molar-refractivity contribution in [1.29, 1.82) is 0 Å². The van der Waals surface area contributed by atoms with Gasteiger partial charge in [-0.3, -0.25) is 14.6 Å². The molecule has 1 amide bonds. The van der Waals surface area contributed by atoms with Gasteiger partial charge < -0.3 is 14.8 Å². The van der Waals surface area contributed by atoms with Gasteiger partial charge in [-0.1, -0.05) is 12.1 Å². The van der Waals surface area contributed by atoms with Crippen LogP contribution in [0.25, 0.3) is 0 Å². The summed E-state index contributed by atoms with van der Waals surface area (Å²) >= 11 is 0. The number of ether oxygens (including phenoxy) is 2. The normalized spacial score (nSPS) is 15.5. The Kier molecular flexibility index (Phi) is 7.40. The lowest BCUT2D eigenvalue weighted by atomic mass is 10.1. The average molecular weight is 437 g/mol. The quantitative estimate of drug-likeness (QED) is 0.719. The first-order chi connectivity index (χ1) is 14.8. The van der Waals surface area contributed by atoms with E-state index in [2.05, 4.69) is 10.2 Å². The molecule has 0 radical (unpaired) electrons. The fourth-order valence-electron chi connectivity index (χ4n) is 3.58. The lowest BCUT2D eigenvalue weighted by Crippen LogP contribution is -2.48. The zero-order chi connectivity index (χ0) is 22.4. The smallest absolute Gasteiger partial charge is 0.418 e. The molecule has 1 aliphatic heterocycles. The van der Waals surface area contributed by atoms with Crippen LogP contribution in [0.15, 0.2) is 42.5 Å². The molecule has 2 aromatic carbocycles. The van der Waals surface area contributed by atoms with Crippen LogP contribution in [0.4, 0.5) is 18.9 Å². The fraction of sp³-hybridized carbons (Fsp3) is 0.409. The van der Waals surface area contributed by atoms with Crippen LogP contribution < -0.4 is 14.8 Å². The highest BCUT2D eigenvalue weighted by Crippen LogP contribution is 2.34. The number of rotatable bonds is 7. The van der Waals surface area contributed by atoms with Gasteiger partial charge in [0.25, 0.3) is 0 Å². The number of halogens is 3. The lowest BCUT2D eigenvalue weighted by molar-refractivity contribution is -0.137. The summed E-state index contributed by atoms with van der Waals surface area (Å²) in [5.74, 6) is 1.08. The number of alkyl halides is 3. The zero-order valence-corrected chi connectivity index (χ0v) is 17.5. The van der Waals surface area contributed by atoms with Gasteiger partial charge >= 0.3 is 6.18 Å². The largest absolute Gasteiger partial charge is 0.497 e. The number of methoxy groups -OCH3 is 2. The molecule has 168 valence electrons. The number of carbonyl (C=O) groups excluding carboxylic acids is 1. The Hall–Kier alpha value is -2.78. The molecule has 0 aromatic heterocycles. The number of benzene rings is 2. The van der Waals surface area contributed by atoms with Crippen LogP contribution in [-0.2, 0) is 17.5 Å². The molecule has 0 saturated carbocycles. The molecule has 1 heterocycles. The van der Waals surface area contributed by atoms with Gasteiger partial charge in [0, 0.05) is 38.3 Å². The highest BCUT2D eigenvalue weighted by molar-refractivity contribution is 5.93. The predicted molar refractivity (Wildman–Crippen MR) is 111 cm³/mol. The highest BCUT2D eigenvalue weighted by Gasteiger charge is 2.33. The van der Waals surface area contributed by atoms with E-state index in [1.807, 2.05) is 23.1 Å². The van der Waals surface area contributed by atoms with Gasteiger partial charge in [-0.25, -0.2) is 0 Å². The number of nitrogens with zero attached hydrogens (tertiary/aromatic N) is 2. The number of carbonyl (C=O) groups is 1. The molecule has 0 aliphatic carbocycles. The van der Waals surface area contributed by atoms with E-state index in [1.54, 1.807) is 14.2 Å². The number of anilines is 1. The maximum absolute atomic E-state index is 13.1. The Morgan fingerprint density at radius 1 is 1.00 bits per heavy atom. The number of nitrogens with one attached hydrogen (secondary N) is 1. The maximum atomic E-state index is 13.1. The second-order valence-corrected chi connectivity index (χ2v) is 7.32. The third kappa shape index (κ3) is 6.11. The average Bonchev–Trinajstić information content (AvgIpc) is 2.74. The molecule has 2 aromatic rings. The predicted octanol–water partition coefficient (Wildman–Crippen LogP) is 3.48. The molecular formula is C22H26F3N3O3. The minimum absolute atomic E-state index is 0.0442. The second-order valence-electron chi connectivity index (χ2n) is 7.32. The number of amides is 1. The number of hydrogen-bond donors (Lipinski definition) is 1. The monoisotopic (exact) mass is 437 g/mol. The molecule has 1 aliphatic rings. The van der Waals surface area contributed by atoms with E-state index in [1.165, 1.54) is 18.2 Å². The minimum Gasteiger partial charge on any atom is -0.497 e. The van der Waals surface area contributed by atoms with E-state index in [-0.39, 0.29) is 12.2 Å². The summed E-state index contributed by atoms with van der Waals surface area (Å²) in [5, 5.41) is 2.40. The number of piperazine rings is 1. The molecule has 0 atom stereocenters. The Balaban J connectivity index is 1.53. The van der Waals surface area contributed by atoms with E-state index >= 15 is 0 Å². The molecule has 1 fully saturated rings. The SMILES string of the molecule is COc1ccc(OC)c(CN2CCN(CC(=O)Nc3ccccc3C(F)(F)F)CC2)c1. The van der Waals surface area contributed by atoms with Gasteiger partial charge in [0.15, 0.2) is 0 Å². The van der Waals surface area contributed by atoms with Gasteiger partial charge in [-0.05, 0) is 30.3 Å². The summed E-state index contributed by atoms with van der Waals surface area (Å²) in [6.07, 6.45) is -4.52. The van der Waals surface area contributed by atoms with Crippen molar-refractivity contribution in [3.63, 3.8) is 0 Å². The van der Waals surface area contributed by atoms with Crippen molar-refractivity contribution < 1.29 is 27.4 Å². The summed E-state index contributed by atoms with van der Waals surface area (Å²) in [4.78, 5) is 16.5. The van der Waals surface area contributed by atoms with Crippen LogP contribution in [-0.4, -0.2) is 62.7 Å². The first-order valence-corrected chi connectivity index (χ1v) is 9.92. The van der Waals surface area contributed by atoms with Crippen LogP contribution in [0.1, 0.15) is 11.1 Å². The molecule has 3 rings (SSSR count). The van der Waals surface area contributed by atoms with Gasteiger partial charge in [0.05, 0.1) is 32.0 Å². The van der Waals surface area contributed by atoms with E-state index in [0.717, 1.165) is 36.2 Å². The Morgan fingerprint density at radius 2 is 1.68 bits per heavy atom. The third-order valence-corrected chi connectivity index (χ3v) is 5.22. The summed E-state index contributed by atoms with van der Waals surface area (Å²) in [6, 6.07) is 10.6. The van der Waals surface area contributed by atoms with Crippen LogP contribution in [0.3, 0.4) is 0 Å². The van der Waals surface area contributed by atoms with E-state index in [9.17, 15) is 18.0 Å². The van der Waals surface area contributed by atoms with Crippen molar-refractivity contribution in [1.82, 2.24) is 9.80 Å². The van der Waals surface area contributed by atoms with Crippen molar-refractivity contribution >= 4 is 11.6 Å². The standard InChI is InChI=1S/C22H26F3N3O3/c1-30-17-7-8-20(31-2)16(13-17)14-27-9-11-28(12-10-27)15-21(29)26-19-6-4-3-5-18(19)22(23,24)25/h3-8,13H,9-12,14-15H2,1-2H3,(H,26,29). The maximum Gasteiger partial charge on any atom is 0.418 e. The van der Waals surface area contributed by atoms with E-state index < -0.39 is 17.6 Å². The molecule has 1 N–H and O–H groups in total. The molecular weight excluding hydrogens is 411 g/mol. The topological polar surface area (TPSA) is 54.0 Å². The van der Waals surface area contributed by atoms with Crippen molar-refractivity contribution in [2.75, 3.05) is 52.3 Å². The minimum atomic E-state index is -4.52. The molecule has 0 unspecified atom stereocenters. The number of hydrogen-bond acceptors (Lipinski definition) is 5. The first kappa shape index (κ1) is 22.9.